The first-order valence-corrected chi connectivity index (χ1v) is 7.82. The average Bonchev–Trinajstić information content (AvgIpc) is 2.52. The summed E-state index contributed by atoms with van der Waals surface area (Å²) in [7, 11) is 1.85. The highest BCUT2D eigenvalue weighted by Crippen LogP contribution is 2.41. The first kappa shape index (κ1) is 14.6. The zero-order chi connectivity index (χ0) is 15.4. The molecular formula is C19H22N2O. The Labute approximate surface area is 132 Å². The summed E-state index contributed by atoms with van der Waals surface area (Å²) in [6.07, 6.45) is 3.20. The van der Waals surface area contributed by atoms with Crippen LogP contribution in [0, 0.1) is 0 Å². The molecule has 0 aliphatic heterocycles. The number of hydrogen-bond acceptors (Lipinski definition) is 1. The van der Waals surface area contributed by atoms with E-state index in [2.05, 4.69) is 17.4 Å². The van der Waals surface area contributed by atoms with Gasteiger partial charge in [0.05, 0.1) is 5.54 Å². The van der Waals surface area contributed by atoms with Crippen LogP contribution in [0.25, 0.3) is 0 Å². The van der Waals surface area contributed by atoms with E-state index in [1.54, 1.807) is 4.90 Å². The van der Waals surface area contributed by atoms with Crippen LogP contribution in [-0.2, 0) is 12.1 Å². The summed E-state index contributed by atoms with van der Waals surface area (Å²) in [5, 5.41) is 3.25. The maximum atomic E-state index is 12.5. The van der Waals surface area contributed by atoms with Crippen molar-refractivity contribution in [3.63, 3.8) is 0 Å². The molecule has 2 aromatic carbocycles. The molecular weight excluding hydrogens is 272 g/mol. The van der Waals surface area contributed by atoms with Gasteiger partial charge in [-0.15, -0.1) is 0 Å². The van der Waals surface area contributed by atoms with Crippen LogP contribution in [0.5, 0.6) is 0 Å². The SMILES string of the molecule is CN(Cc1ccccc1)C(=O)NC1(c2ccccc2)CCC1. The van der Waals surface area contributed by atoms with E-state index in [1.165, 1.54) is 5.56 Å². The molecule has 3 nitrogen and oxygen atoms in total. The first-order chi connectivity index (χ1) is 10.7. The normalized spacial score (nSPS) is 15.7. The lowest BCUT2D eigenvalue weighted by atomic mass is 9.72. The Balaban J connectivity index is 1.67. The lowest BCUT2D eigenvalue weighted by molar-refractivity contribution is 0.155. The second-order valence-corrected chi connectivity index (χ2v) is 6.07. The molecule has 1 aliphatic carbocycles. The van der Waals surface area contributed by atoms with Gasteiger partial charge in [0, 0.05) is 13.6 Å². The molecule has 114 valence electrons. The van der Waals surface area contributed by atoms with E-state index >= 15 is 0 Å². The number of urea groups is 1. The Hall–Kier alpha value is -2.29. The third kappa shape index (κ3) is 2.98. The second kappa shape index (κ2) is 6.22. The van der Waals surface area contributed by atoms with Crippen molar-refractivity contribution in [2.24, 2.45) is 0 Å². The van der Waals surface area contributed by atoms with Gasteiger partial charge in [0.1, 0.15) is 0 Å². The molecule has 0 saturated heterocycles. The largest absolute Gasteiger partial charge is 0.328 e. The Morgan fingerprint density at radius 3 is 2.18 bits per heavy atom. The van der Waals surface area contributed by atoms with Gasteiger partial charge in [-0.2, -0.15) is 0 Å². The summed E-state index contributed by atoms with van der Waals surface area (Å²) in [5.74, 6) is 0. The van der Waals surface area contributed by atoms with Gasteiger partial charge in [0.25, 0.3) is 0 Å². The first-order valence-electron chi connectivity index (χ1n) is 7.82. The van der Waals surface area contributed by atoms with Crippen molar-refractivity contribution in [2.75, 3.05) is 7.05 Å². The fourth-order valence-electron chi connectivity index (χ4n) is 3.00. The fourth-order valence-corrected chi connectivity index (χ4v) is 3.00. The molecule has 3 heteroatoms. The molecule has 3 rings (SSSR count). The summed E-state index contributed by atoms with van der Waals surface area (Å²) in [5.41, 5.74) is 2.17. The molecule has 0 spiro atoms. The lowest BCUT2D eigenvalue weighted by Gasteiger charge is -2.43. The van der Waals surface area contributed by atoms with E-state index in [-0.39, 0.29) is 11.6 Å². The summed E-state index contributed by atoms with van der Waals surface area (Å²) in [6.45, 7) is 0.623. The number of carbonyl (C=O) groups is 1. The van der Waals surface area contributed by atoms with Crippen molar-refractivity contribution in [3.05, 3.63) is 71.8 Å². The second-order valence-electron chi connectivity index (χ2n) is 6.07. The number of carbonyl (C=O) groups excluding carboxylic acids is 1. The van der Waals surface area contributed by atoms with Crippen LogP contribution in [0.3, 0.4) is 0 Å². The van der Waals surface area contributed by atoms with E-state index in [9.17, 15) is 4.79 Å². The minimum atomic E-state index is -0.177. The lowest BCUT2D eigenvalue weighted by Crippen LogP contribution is -2.54. The van der Waals surface area contributed by atoms with Gasteiger partial charge < -0.3 is 10.2 Å². The molecule has 0 radical (unpaired) electrons. The Kier molecular flexibility index (Phi) is 4.14. The van der Waals surface area contributed by atoms with Gasteiger partial charge in [-0.1, -0.05) is 60.7 Å². The van der Waals surface area contributed by atoms with E-state index < -0.39 is 0 Å². The van der Waals surface area contributed by atoms with E-state index in [0.29, 0.717) is 6.54 Å². The van der Waals surface area contributed by atoms with Crippen LogP contribution in [-0.4, -0.2) is 18.0 Å². The van der Waals surface area contributed by atoms with E-state index in [4.69, 9.17) is 0 Å². The number of benzene rings is 2. The third-order valence-corrected chi connectivity index (χ3v) is 4.49. The molecule has 0 aromatic heterocycles. The van der Waals surface area contributed by atoms with Crippen LogP contribution in [0.4, 0.5) is 4.79 Å². The molecule has 1 N–H and O–H groups in total. The summed E-state index contributed by atoms with van der Waals surface area (Å²) >= 11 is 0. The Bertz CT molecular complexity index is 620. The van der Waals surface area contributed by atoms with Crippen molar-refractivity contribution < 1.29 is 4.79 Å². The minimum Gasteiger partial charge on any atom is -0.328 e. The van der Waals surface area contributed by atoms with Gasteiger partial charge in [0.2, 0.25) is 0 Å². The highest BCUT2D eigenvalue weighted by atomic mass is 16.2. The average molecular weight is 294 g/mol. The highest BCUT2D eigenvalue weighted by Gasteiger charge is 2.40. The van der Waals surface area contributed by atoms with Crippen molar-refractivity contribution in [1.29, 1.82) is 0 Å². The predicted molar refractivity (Wildman–Crippen MR) is 88.4 cm³/mol. The molecule has 2 aromatic rings. The smallest absolute Gasteiger partial charge is 0.318 e. The van der Waals surface area contributed by atoms with Gasteiger partial charge in [-0.3, -0.25) is 0 Å². The molecule has 0 bridgehead atoms. The standard InChI is InChI=1S/C19H22N2O/c1-21(15-16-9-4-2-5-10-16)18(22)20-19(13-8-14-19)17-11-6-3-7-12-17/h2-7,9-12H,8,13-15H2,1H3,(H,20,22). The van der Waals surface area contributed by atoms with Crippen LogP contribution < -0.4 is 5.32 Å². The summed E-state index contributed by atoms with van der Waals surface area (Å²) < 4.78 is 0. The number of amides is 2. The van der Waals surface area contributed by atoms with E-state index in [1.807, 2.05) is 55.6 Å². The van der Waals surface area contributed by atoms with Crippen molar-refractivity contribution >= 4 is 6.03 Å². The topological polar surface area (TPSA) is 32.3 Å². The molecule has 0 unspecified atom stereocenters. The van der Waals surface area contributed by atoms with Gasteiger partial charge in [-0.25, -0.2) is 4.79 Å². The van der Waals surface area contributed by atoms with Crippen molar-refractivity contribution in [1.82, 2.24) is 10.2 Å². The quantitative estimate of drug-likeness (QED) is 0.911. The summed E-state index contributed by atoms with van der Waals surface area (Å²) in [4.78, 5) is 14.3. The fraction of sp³-hybridized carbons (Fsp3) is 0.316. The molecule has 0 heterocycles. The van der Waals surface area contributed by atoms with Crippen LogP contribution in [0.1, 0.15) is 30.4 Å². The van der Waals surface area contributed by atoms with Gasteiger partial charge in [-0.05, 0) is 30.4 Å². The van der Waals surface area contributed by atoms with Gasteiger partial charge in [0.15, 0.2) is 0 Å². The predicted octanol–water partition coefficient (Wildman–Crippen LogP) is 3.91. The molecule has 1 aliphatic rings. The zero-order valence-corrected chi connectivity index (χ0v) is 13.0. The van der Waals surface area contributed by atoms with Crippen molar-refractivity contribution in [3.8, 4) is 0 Å². The Morgan fingerprint density at radius 2 is 1.64 bits per heavy atom. The Morgan fingerprint density at radius 1 is 1.05 bits per heavy atom. The number of rotatable bonds is 4. The number of nitrogens with one attached hydrogen (secondary N) is 1. The molecule has 0 atom stereocenters. The highest BCUT2D eigenvalue weighted by molar-refractivity contribution is 5.75. The van der Waals surface area contributed by atoms with Crippen molar-refractivity contribution in [2.45, 2.75) is 31.3 Å². The van der Waals surface area contributed by atoms with Gasteiger partial charge >= 0.3 is 6.03 Å². The number of hydrogen-bond donors (Lipinski definition) is 1. The van der Waals surface area contributed by atoms with Crippen LogP contribution in [0.2, 0.25) is 0 Å². The molecule has 2 amide bonds. The minimum absolute atomic E-state index is 0.00703. The van der Waals surface area contributed by atoms with Crippen LogP contribution >= 0.6 is 0 Å². The molecule has 1 saturated carbocycles. The zero-order valence-electron chi connectivity index (χ0n) is 13.0. The third-order valence-electron chi connectivity index (χ3n) is 4.49. The maximum Gasteiger partial charge on any atom is 0.318 e. The maximum absolute atomic E-state index is 12.5. The summed E-state index contributed by atoms with van der Waals surface area (Å²) in [6, 6.07) is 20.4. The van der Waals surface area contributed by atoms with E-state index in [0.717, 1.165) is 24.8 Å². The molecule has 1 fully saturated rings. The van der Waals surface area contributed by atoms with Crippen LogP contribution in [0.15, 0.2) is 60.7 Å². The monoisotopic (exact) mass is 294 g/mol. The number of nitrogens with zero attached hydrogens (tertiary/aromatic N) is 1. The molecule has 22 heavy (non-hydrogen) atoms.